The summed E-state index contributed by atoms with van der Waals surface area (Å²) in [6, 6.07) is 3.15. The van der Waals surface area contributed by atoms with Gasteiger partial charge in [-0.2, -0.15) is 0 Å². The number of nitrogens with zero attached hydrogens (tertiary/aromatic N) is 1. The van der Waals surface area contributed by atoms with Gasteiger partial charge in [0.15, 0.2) is 17.8 Å². The van der Waals surface area contributed by atoms with Gasteiger partial charge in [0.1, 0.15) is 71.2 Å². The Morgan fingerprint density at radius 2 is 1.37 bits per heavy atom. The number of hydrogen-bond donors (Lipinski definition) is 14. The number of carbonyl (C=O) groups is 7. The molecule has 0 aromatic heterocycles. The van der Waals surface area contributed by atoms with Crippen LogP contribution < -0.4 is 110 Å². The molecule has 15 N–H and O–H groups in total. The second-order valence-electron chi connectivity index (χ2n) is 28.0. The molecule has 7 aliphatic rings. The second kappa shape index (κ2) is 34.3. The van der Waals surface area contributed by atoms with E-state index in [0.717, 1.165) is 12.1 Å². The number of carbonyl (C=O) groups excluding carboxylic acids is 8. The molecule has 16 atom stereocenters. The molecule has 12 rings (SSSR count). The molecule has 7 heterocycles. The molecule has 2 fully saturated rings. The molecule has 5 aromatic rings. The number of nitrogens with two attached hydrogens (primary N) is 1. The summed E-state index contributed by atoms with van der Waals surface area (Å²) in [6.45, 7) is 14.8. The van der Waals surface area contributed by atoms with Gasteiger partial charge in [-0.05, 0) is 178 Å². The van der Waals surface area contributed by atoms with Crippen LogP contribution >= 0.6 is 0 Å². The number of ether oxygens (including phenoxy) is 6. The molecular formula is C73H88N8O21RbRe-. The first-order chi connectivity index (χ1) is 48.2. The van der Waals surface area contributed by atoms with Crippen molar-refractivity contribution in [2.75, 3.05) is 20.7 Å². The molecule has 555 valence electrons. The van der Waals surface area contributed by atoms with Crippen molar-refractivity contribution in [2.45, 2.75) is 185 Å². The summed E-state index contributed by atoms with van der Waals surface area (Å²) >= 11 is 0. The third-order valence-corrected chi connectivity index (χ3v) is 19.2. The zero-order chi connectivity index (χ0) is 74.2. The molecule has 16 unspecified atom stereocenters. The van der Waals surface area contributed by atoms with Crippen LogP contribution in [0.1, 0.15) is 142 Å². The molecule has 5 aromatic carbocycles. The van der Waals surface area contributed by atoms with E-state index in [1.54, 1.807) is 72.9 Å². The van der Waals surface area contributed by atoms with Crippen LogP contribution in [0, 0.1) is 38.5 Å². The first kappa shape index (κ1) is 82.7. The molecule has 7 amide bonds. The number of benzene rings is 5. The Bertz CT molecular complexity index is 4090. The Balaban J connectivity index is 0.00000684. The topological polar surface area (TPSA) is 435 Å². The number of hydrogen-bond acceptors (Lipinski definition) is 22. The van der Waals surface area contributed by atoms with E-state index >= 15 is 19.2 Å². The smallest absolute Gasteiger partial charge is 0.540 e. The summed E-state index contributed by atoms with van der Waals surface area (Å²) in [5, 5.41) is 96.4. The van der Waals surface area contributed by atoms with Crippen molar-refractivity contribution < 1.29 is 181 Å². The van der Waals surface area contributed by atoms with Crippen LogP contribution in [0.4, 0.5) is 0 Å². The van der Waals surface area contributed by atoms with Crippen LogP contribution in [-0.4, -0.2) is 176 Å². The van der Waals surface area contributed by atoms with E-state index in [4.69, 9.17) is 34.2 Å². The van der Waals surface area contributed by atoms with E-state index in [0.29, 0.717) is 12.0 Å². The molecule has 0 saturated carbocycles. The van der Waals surface area contributed by atoms with E-state index in [9.17, 15) is 54.9 Å². The van der Waals surface area contributed by atoms with Crippen LogP contribution in [0.2, 0.25) is 0 Å². The number of phenols is 3. The van der Waals surface area contributed by atoms with Crippen LogP contribution in [0.5, 0.6) is 46.0 Å². The third kappa shape index (κ3) is 18.0. The molecule has 7 aliphatic heterocycles. The van der Waals surface area contributed by atoms with Gasteiger partial charge in [-0.25, -0.2) is 6.29 Å². The van der Waals surface area contributed by atoms with Crippen molar-refractivity contribution in [3.63, 3.8) is 0 Å². The number of primary amides is 1. The largest absolute Gasteiger partial charge is 1.00 e. The molecule has 11 bridgehead atoms. The number of fused-ring (bicyclic) bond motifs is 15. The minimum absolute atomic E-state index is 0. The Morgan fingerprint density at radius 1 is 0.760 bits per heavy atom. The van der Waals surface area contributed by atoms with Gasteiger partial charge in [0.2, 0.25) is 47.1 Å². The van der Waals surface area contributed by atoms with Gasteiger partial charge >= 0.3 is 58.2 Å². The summed E-state index contributed by atoms with van der Waals surface area (Å²) in [4.78, 5) is 121. The van der Waals surface area contributed by atoms with Crippen LogP contribution in [0.15, 0.2) is 72.8 Å². The third-order valence-electron chi connectivity index (χ3n) is 19.2. The average molecular weight is 1690 g/mol. The maximum atomic E-state index is 16.2. The van der Waals surface area contributed by atoms with E-state index in [1.807, 2.05) is 13.8 Å². The standard InChI is InChI=1S/C73H88N8O21.Rb.Re/c1-12-49-63(89)48(85)25-40(99-49)30-97-65-52-23-39-24-53(65)101-51-18-15-38(21-33(51)5)64(102-55-28-73(8,9)66(90)35(7)98-55)60-72(96)76-44(29-82)41-26-47(84)34(6)61(87)56(41)42-22-36(13-16-46(42)83)57(69(93)80-60)78-70(94)58(39)77-67(91)43(27-54(74)86)75-71(95)59(79-68(92)45(81(10)11)19-31(2)3)62(88)37-14-17-50(100-52)32(4)20-37;;/h13-18,20-26,31,35,40,43-45,48-49,55,57-60,62-64,66,83-85,87-90H,12,19,27-28,30H2,1-11H3,(H2,74,86)(H,75,95)(H,76,96)(H,77,91)(H,78,94)(H,79,92)(H,80,93);;/q-2;+1;. The Morgan fingerprint density at radius 3 is 1.96 bits per heavy atom. The summed E-state index contributed by atoms with van der Waals surface area (Å²) in [5.74, 6) is -10.4. The number of aliphatic hydroxyl groups is 4. The number of phenolic OH excluding ortho intramolecular Hbond substituents is 3. The average Bonchev–Trinajstić information content (AvgIpc) is 0.741. The zero-order valence-corrected chi connectivity index (χ0v) is 67.2. The molecular weight excluding hydrogens is 1600 g/mol. The molecule has 2 saturated heterocycles. The zero-order valence-electron chi connectivity index (χ0n) is 59.6. The predicted molar refractivity (Wildman–Crippen MR) is 364 cm³/mol. The number of likely N-dealkylation sites (N-methyl/N-ethyl adjacent to an activating group) is 1. The fourth-order valence-corrected chi connectivity index (χ4v) is 13.5. The monoisotopic (exact) mass is 1680 g/mol. The Kier molecular flexibility index (Phi) is 27.2. The minimum atomic E-state index is -2.14. The fraction of sp³-hybridized carbons (Fsp3) is 0.466. The van der Waals surface area contributed by atoms with Gasteiger partial charge in [0, 0.05) is 43.5 Å². The van der Waals surface area contributed by atoms with E-state index in [-0.39, 0.29) is 176 Å². The van der Waals surface area contributed by atoms with Gasteiger partial charge in [-0.1, -0.05) is 52.8 Å². The van der Waals surface area contributed by atoms with Gasteiger partial charge in [0.25, 0.3) is 0 Å². The van der Waals surface area contributed by atoms with Gasteiger partial charge < -0.3 is 107 Å². The van der Waals surface area contributed by atoms with Crippen molar-refractivity contribution in [2.24, 2.45) is 17.1 Å². The molecule has 31 heteroatoms. The molecule has 29 nitrogen and oxygen atoms in total. The van der Waals surface area contributed by atoms with Gasteiger partial charge in [-0.3, -0.25) is 44.9 Å². The van der Waals surface area contributed by atoms with Gasteiger partial charge in [0.05, 0.1) is 43.5 Å². The van der Waals surface area contributed by atoms with E-state index in [1.165, 1.54) is 67.9 Å². The van der Waals surface area contributed by atoms with Crippen molar-refractivity contribution in [1.29, 1.82) is 0 Å². The fourth-order valence-electron chi connectivity index (χ4n) is 13.5. The number of aryl methyl sites for hydroxylation is 2. The Hall–Kier alpha value is -6.99. The number of aromatic hydroxyl groups is 3. The van der Waals surface area contributed by atoms with Crippen molar-refractivity contribution in [1.82, 2.24) is 36.8 Å². The van der Waals surface area contributed by atoms with Crippen molar-refractivity contribution in [3.05, 3.63) is 124 Å². The number of nitrogens with one attached hydrogen (secondary N) is 6. The summed E-state index contributed by atoms with van der Waals surface area (Å²) in [7, 11) is 3.31. The van der Waals surface area contributed by atoms with Crippen LogP contribution in [0.25, 0.3) is 11.1 Å². The summed E-state index contributed by atoms with van der Waals surface area (Å²) in [6.07, 6.45) is -8.48. The summed E-state index contributed by atoms with van der Waals surface area (Å²) < 4.78 is 39.7. The first-order valence-corrected chi connectivity index (χ1v) is 33.6. The Labute approximate surface area is 663 Å². The van der Waals surface area contributed by atoms with Crippen LogP contribution in [0.3, 0.4) is 0 Å². The quantitative estimate of drug-likeness (QED) is 0.0681. The van der Waals surface area contributed by atoms with Crippen LogP contribution in [-0.2, 0) is 73.0 Å². The first-order valence-electron chi connectivity index (χ1n) is 33.6. The van der Waals surface area contributed by atoms with E-state index in [2.05, 4.69) is 31.9 Å². The summed E-state index contributed by atoms with van der Waals surface area (Å²) in [5.41, 5.74) is 4.23. The molecule has 0 spiro atoms. The molecule has 0 aliphatic carbocycles. The number of amides is 7. The van der Waals surface area contributed by atoms with Crippen molar-refractivity contribution in [3.8, 4) is 57.1 Å². The van der Waals surface area contributed by atoms with Crippen molar-refractivity contribution >= 4 is 47.6 Å². The maximum Gasteiger partial charge on any atom is 1.00 e. The SMILES string of the molecule is CCC1OC(COc2c3cc4cc2Oc2ccc(cc2C)C(OC2CC(C)(C)C(O)C(C)O2)C2NC(=O)C(NC(=O)C4NC(=O)C(CC(N)=O)NC(=O)C(NC(=O)C(CC(C)C)N(C)C)C(O)c4ccc(c(C)c4)O3)c3ccc(O)c(c3)-c3c(cc(O)c(C)c3O)C([C-]=O)NC2=O)[CH-]C(O)C1O.[Rb+].[Re]. The maximum absolute atomic E-state index is 16.2. The molecule has 1 radical (unpaired) electrons. The number of aliphatic hydroxyl groups excluding tert-OH is 4. The minimum Gasteiger partial charge on any atom is -0.540 e. The van der Waals surface area contributed by atoms with E-state index < -0.39 is 174 Å². The predicted octanol–water partition coefficient (Wildman–Crippen LogP) is 0.706. The van der Waals surface area contributed by atoms with Gasteiger partial charge in [-0.15, -0.1) is 0 Å². The number of rotatable bonds is 14. The molecule has 104 heavy (non-hydrogen) atoms. The second-order valence-corrected chi connectivity index (χ2v) is 28.0. The normalized spacial score (nSPS) is 27.1.